The van der Waals surface area contributed by atoms with Gasteiger partial charge in [0.1, 0.15) is 21.6 Å². The van der Waals surface area contributed by atoms with Gasteiger partial charge in [-0.25, -0.2) is 0 Å². The van der Waals surface area contributed by atoms with Crippen LogP contribution in [0.15, 0.2) is 48.1 Å². The summed E-state index contributed by atoms with van der Waals surface area (Å²) in [6.45, 7) is 5.51. The van der Waals surface area contributed by atoms with E-state index in [4.69, 9.17) is 9.47 Å². The van der Waals surface area contributed by atoms with Gasteiger partial charge < -0.3 is 14.6 Å². The third-order valence-electron chi connectivity index (χ3n) is 5.35. The van der Waals surface area contributed by atoms with Gasteiger partial charge in [0.05, 0.1) is 14.2 Å². The Bertz CT molecular complexity index is 898. The maximum absolute atomic E-state index is 13.1. The van der Waals surface area contributed by atoms with E-state index in [1.165, 1.54) is 26.4 Å². The number of methoxy groups -OCH3 is 2. The number of carbonyl (C=O) groups is 2. The van der Waals surface area contributed by atoms with E-state index in [0.717, 1.165) is 5.57 Å². The van der Waals surface area contributed by atoms with E-state index in [2.05, 4.69) is 22.5 Å². The molecule has 0 saturated heterocycles. The Kier molecular flexibility index (Phi) is 5.04. The molecule has 0 heterocycles. The maximum Gasteiger partial charge on any atom is 0.174 e. The minimum absolute atomic E-state index is 0.0741. The first-order chi connectivity index (χ1) is 12.8. The predicted molar refractivity (Wildman–Crippen MR) is 106 cm³/mol. The lowest BCUT2D eigenvalue weighted by Gasteiger charge is -2.45. The Balaban J connectivity index is 2.31. The van der Waals surface area contributed by atoms with Crippen molar-refractivity contribution in [3.8, 4) is 17.2 Å². The quantitative estimate of drug-likeness (QED) is 0.731. The van der Waals surface area contributed by atoms with Gasteiger partial charge in [-0.15, -0.1) is 0 Å². The average molecular weight is 433 g/mol. The number of aromatic hydroxyl groups is 1. The largest absolute Gasteiger partial charge is 0.507 e. The summed E-state index contributed by atoms with van der Waals surface area (Å²) in [4.78, 5) is 25.9. The number of ketones is 2. The summed E-state index contributed by atoms with van der Waals surface area (Å²) < 4.78 is 9.47. The molecule has 1 aromatic rings. The molecule has 3 rings (SSSR count). The van der Waals surface area contributed by atoms with E-state index in [-0.39, 0.29) is 17.3 Å². The van der Waals surface area contributed by atoms with Gasteiger partial charge in [0.2, 0.25) is 0 Å². The summed E-state index contributed by atoms with van der Waals surface area (Å²) in [7, 11) is 2.97. The molecule has 0 spiro atoms. The van der Waals surface area contributed by atoms with Crippen LogP contribution in [0.2, 0.25) is 0 Å². The van der Waals surface area contributed by atoms with Crippen LogP contribution in [-0.4, -0.2) is 35.2 Å². The van der Waals surface area contributed by atoms with Crippen molar-refractivity contribution in [3.05, 3.63) is 53.6 Å². The zero-order valence-electron chi connectivity index (χ0n) is 15.4. The zero-order valence-corrected chi connectivity index (χ0v) is 17.0. The fourth-order valence-electron chi connectivity index (χ4n) is 3.99. The van der Waals surface area contributed by atoms with Crippen LogP contribution in [0.3, 0.4) is 0 Å². The molecule has 2 aliphatic carbocycles. The summed E-state index contributed by atoms with van der Waals surface area (Å²) in [5, 5.41) is 10.8. The highest BCUT2D eigenvalue weighted by Crippen LogP contribution is 2.57. The molecule has 0 aromatic heterocycles. The van der Waals surface area contributed by atoms with Crippen molar-refractivity contribution in [2.45, 2.75) is 23.6 Å². The molecule has 3 atom stereocenters. The number of hydrogen-bond acceptors (Lipinski definition) is 5. The number of ether oxygens (including phenoxy) is 2. The molecular weight excluding hydrogens is 412 g/mol. The van der Waals surface area contributed by atoms with Gasteiger partial charge in [-0.1, -0.05) is 34.7 Å². The van der Waals surface area contributed by atoms with E-state index in [9.17, 15) is 14.7 Å². The number of alkyl halides is 1. The number of benzene rings is 1. The van der Waals surface area contributed by atoms with Gasteiger partial charge in [0.15, 0.2) is 11.6 Å². The lowest BCUT2D eigenvalue weighted by molar-refractivity contribution is -0.128. The number of rotatable bonds is 4. The molecule has 1 N–H and O–H groups in total. The lowest BCUT2D eigenvalue weighted by Crippen LogP contribution is -2.53. The minimum atomic E-state index is -1.22. The van der Waals surface area contributed by atoms with Crippen LogP contribution in [0, 0.1) is 5.92 Å². The summed E-state index contributed by atoms with van der Waals surface area (Å²) in [6, 6.07) is 3.11. The molecular formula is C21H21BrO5. The van der Waals surface area contributed by atoms with Gasteiger partial charge >= 0.3 is 0 Å². The molecule has 0 fully saturated rings. The third kappa shape index (κ3) is 2.83. The van der Waals surface area contributed by atoms with Gasteiger partial charge in [-0.3, -0.25) is 9.59 Å². The summed E-state index contributed by atoms with van der Waals surface area (Å²) >= 11 is 3.62. The standard InChI is InChI=1S/C21H21BrO5/c1-5-12-6-7-14-20(25)11(2)8-17(24)21(14,22)19(12)18-15(23)9-13(26-3)10-16(18)27-4/h5-6,8-10,14,19,23H,1,7H2,2-4H3/t14-,19+,21+/m0/s1. The Morgan fingerprint density at radius 2 is 2.00 bits per heavy atom. The lowest BCUT2D eigenvalue weighted by atomic mass is 9.62. The number of allylic oxidation sites excluding steroid dienone is 5. The maximum atomic E-state index is 13.1. The molecule has 0 unspecified atom stereocenters. The molecule has 142 valence electrons. The van der Waals surface area contributed by atoms with Crippen LogP contribution in [0.25, 0.3) is 0 Å². The van der Waals surface area contributed by atoms with Crippen LogP contribution in [-0.2, 0) is 9.59 Å². The monoisotopic (exact) mass is 432 g/mol. The fraction of sp³-hybridized carbons (Fsp3) is 0.333. The van der Waals surface area contributed by atoms with Crippen LogP contribution in [0.1, 0.15) is 24.8 Å². The Morgan fingerprint density at radius 1 is 1.30 bits per heavy atom. The van der Waals surface area contributed by atoms with Crippen molar-refractivity contribution < 1.29 is 24.2 Å². The molecule has 0 bridgehead atoms. The second-order valence-electron chi connectivity index (χ2n) is 6.72. The van der Waals surface area contributed by atoms with Crippen LogP contribution >= 0.6 is 15.9 Å². The first-order valence-electron chi connectivity index (χ1n) is 8.52. The fourth-order valence-corrected chi connectivity index (χ4v) is 5.00. The predicted octanol–water partition coefficient (Wildman–Crippen LogP) is 3.86. The van der Waals surface area contributed by atoms with E-state index >= 15 is 0 Å². The van der Waals surface area contributed by atoms with E-state index < -0.39 is 16.2 Å². The van der Waals surface area contributed by atoms with Crippen LogP contribution < -0.4 is 9.47 Å². The number of carbonyl (C=O) groups excluding carboxylic acids is 2. The SMILES string of the molecule is C=CC1=CC[C@H]2C(=O)C(C)=CC(=O)[C@@]2(Br)[C@H]1c1c(O)cc(OC)cc1OC. The highest BCUT2D eigenvalue weighted by molar-refractivity contribution is 9.10. The van der Waals surface area contributed by atoms with Crippen LogP contribution in [0.4, 0.5) is 0 Å². The van der Waals surface area contributed by atoms with Gasteiger partial charge in [-0.05, 0) is 30.6 Å². The highest BCUT2D eigenvalue weighted by atomic mass is 79.9. The van der Waals surface area contributed by atoms with Gasteiger partial charge in [0.25, 0.3) is 0 Å². The van der Waals surface area contributed by atoms with Crippen molar-refractivity contribution >= 4 is 27.5 Å². The number of phenolic OH excluding ortho intramolecular Hbond substituents is 1. The molecule has 6 heteroatoms. The average Bonchev–Trinajstić information content (AvgIpc) is 2.65. The first kappa shape index (κ1) is 19.4. The van der Waals surface area contributed by atoms with Crippen molar-refractivity contribution in [1.29, 1.82) is 0 Å². The van der Waals surface area contributed by atoms with Crippen LogP contribution in [0.5, 0.6) is 17.2 Å². The summed E-state index contributed by atoms with van der Waals surface area (Å²) in [6.07, 6.45) is 5.34. The molecule has 0 radical (unpaired) electrons. The summed E-state index contributed by atoms with van der Waals surface area (Å²) in [5.74, 6) is -0.784. The first-order valence-corrected chi connectivity index (χ1v) is 9.32. The third-order valence-corrected chi connectivity index (χ3v) is 6.76. The molecule has 0 saturated carbocycles. The summed E-state index contributed by atoms with van der Waals surface area (Å²) in [5.41, 5.74) is 1.61. The molecule has 0 amide bonds. The second kappa shape index (κ2) is 7.00. The van der Waals surface area contributed by atoms with Crippen molar-refractivity contribution in [3.63, 3.8) is 0 Å². The molecule has 5 nitrogen and oxygen atoms in total. The van der Waals surface area contributed by atoms with E-state index in [0.29, 0.717) is 29.1 Å². The number of phenols is 1. The van der Waals surface area contributed by atoms with E-state index in [1.54, 1.807) is 19.1 Å². The van der Waals surface area contributed by atoms with Crippen molar-refractivity contribution in [2.24, 2.45) is 5.92 Å². The molecule has 1 aromatic carbocycles. The van der Waals surface area contributed by atoms with Crippen molar-refractivity contribution in [2.75, 3.05) is 14.2 Å². The topological polar surface area (TPSA) is 72.8 Å². The Morgan fingerprint density at radius 3 is 2.59 bits per heavy atom. The molecule has 27 heavy (non-hydrogen) atoms. The number of fused-ring (bicyclic) bond motifs is 1. The highest BCUT2D eigenvalue weighted by Gasteiger charge is 2.57. The minimum Gasteiger partial charge on any atom is -0.507 e. The number of hydrogen-bond donors (Lipinski definition) is 1. The molecule has 2 aliphatic rings. The smallest absolute Gasteiger partial charge is 0.174 e. The van der Waals surface area contributed by atoms with E-state index in [1.807, 2.05) is 6.08 Å². The van der Waals surface area contributed by atoms with Crippen molar-refractivity contribution in [1.82, 2.24) is 0 Å². The zero-order chi connectivity index (χ0) is 19.9. The second-order valence-corrected chi connectivity index (χ2v) is 8.03. The molecule has 0 aliphatic heterocycles. The Labute approximate surface area is 166 Å². The van der Waals surface area contributed by atoms with Gasteiger partial charge in [0, 0.05) is 29.5 Å². The number of Topliss-reactive ketones (excluding diaryl/α,β-unsaturated/α-hetero) is 1. The normalized spacial score (nSPS) is 27.4. The van der Waals surface area contributed by atoms with Gasteiger partial charge in [-0.2, -0.15) is 0 Å². The Hall–Kier alpha value is -2.34. The number of halogens is 1.